The Morgan fingerprint density at radius 1 is 1.20 bits per heavy atom. The molecule has 2 rings (SSSR count). The van der Waals surface area contributed by atoms with Gasteiger partial charge in [-0.1, -0.05) is 33.8 Å². The molecule has 4 heteroatoms. The Kier molecular flexibility index (Phi) is 5.52. The van der Waals surface area contributed by atoms with Crippen LogP contribution >= 0.6 is 27.7 Å². The molecule has 2 N–H and O–H groups in total. The van der Waals surface area contributed by atoms with Crippen molar-refractivity contribution in [2.45, 2.75) is 29.2 Å². The third kappa shape index (κ3) is 4.27. The molecule has 20 heavy (non-hydrogen) atoms. The Hall–Kier alpha value is -0.970. The maximum Gasteiger partial charge on any atom is 0.118 e. The highest BCUT2D eigenvalue weighted by molar-refractivity contribution is 9.10. The van der Waals surface area contributed by atoms with Gasteiger partial charge in [0.05, 0.1) is 7.11 Å². The molecular formula is C16H18BrNOS. The molecule has 0 saturated heterocycles. The minimum Gasteiger partial charge on any atom is -0.497 e. The number of hydrogen-bond donors (Lipinski definition) is 1. The first-order valence-corrected chi connectivity index (χ1v) is 8.05. The second-order valence-corrected chi connectivity index (χ2v) is 6.74. The largest absolute Gasteiger partial charge is 0.497 e. The Bertz CT molecular complexity index is 569. The highest BCUT2D eigenvalue weighted by Gasteiger charge is 2.08. The molecule has 106 valence electrons. The smallest absolute Gasteiger partial charge is 0.118 e. The van der Waals surface area contributed by atoms with Gasteiger partial charge in [-0.05, 0) is 55.3 Å². The summed E-state index contributed by atoms with van der Waals surface area (Å²) in [6.07, 6.45) is 0.881. The third-order valence-electron chi connectivity index (χ3n) is 2.86. The van der Waals surface area contributed by atoms with E-state index in [1.54, 1.807) is 18.9 Å². The van der Waals surface area contributed by atoms with Crippen LogP contribution < -0.4 is 10.5 Å². The van der Waals surface area contributed by atoms with Gasteiger partial charge in [0.15, 0.2) is 0 Å². The van der Waals surface area contributed by atoms with Crippen LogP contribution in [0.15, 0.2) is 56.7 Å². The van der Waals surface area contributed by atoms with E-state index in [0.717, 1.165) is 16.6 Å². The molecule has 0 aliphatic carbocycles. The average Bonchev–Trinajstić information content (AvgIpc) is 2.42. The first-order valence-electron chi connectivity index (χ1n) is 6.44. The van der Waals surface area contributed by atoms with Gasteiger partial charge in [0.2, 0.25) is 0 Å². The van der Waals surface area contributed by atoms with E-state index >= 15 is 0 Å². The molecule has 0 saturated carbocycles. The Labute approximate surface area is 132 Å². The summed E-state index contributed by atoms with van der Waals surface area (Å²) in [4.78, 5) is 2.43. The second kappa shape index (κ2) is 7.16. The Morgan fingerprint density at radius 3 is 2.50 bits per heavy atom. The van der Waals surface area contributed by atoms with Gasteiger partial charge < -0.3 is 10.5 Å². The number of hydrogen-bond acceptors (Lipinski definition) is 3. The van der Waals surface area contributed by atoms with Gasteiger partial charge in [0, 0.05) is 20.3 Å². The van der Waals surface area contributed by atoms with Gasteiger partial charge >= 0.3 is 0 Å². The molecule has 0 spiro atoms. The van der Waals surface area contributed by atoms with Crippen LogP contribution in [0, 0.1) is 0 Å². The van der Waals surface area contributed by atoms with Gasteiger partial charge in [0.25, 0.3) is 0 Å². The molecule has 0 heterocycles. The predicted molar refractivity (Wildman–Crippen MR) is 88.6 cm³/mol. The van der Waals surface area contributed by atoms with E-state index in [2.05, 4.69) is 46.3 Å². The number of nitrogens with two attached hydrogens (primary N) is 1. The van der Waals surface area contributed by atoms with E-state index in [1.165, 1.54) is 15.4 Å². The lowest BCUT2D eigenvalue weighted by Crippen LogP contribution is -2.18. The molecule has 2 nitrogen and oxygen atoms in total. The van der Waals surface area contributed by atoms with Crippen LogP contribution in [0.3, 0.4) is 0 Å². The van der Waals surface area contributed by atoms with E-state index in [1.807, 2.05) is 19.1 Å². The molecule has 0 fully saturated rings. The van der Waals surface area contributed by atoms with Crippen molar-refractivity contribution in [3.8, 4) is 5.75 Å². The van der Waals surface area contributed by atoms with Crippen molar-refractivity contribution in [1.82, 2.24) is 0 Å². The van der Waals surface area contributed by atoms with E-state index in [-0.39, 0.29) is 6.04 Å². The minimum atomic E-state index is 0.159. The molecule has 2 aromatic carbocycles. The van der Waals surface area contributed by atoms with Crippen LogP contribution in [0.5, 0.6) is 5.75 Å². The van der Waals surface area contributed by atoms with Crippen LogP contribution in [0.2, 0.25) is 0 Å². The minimum absolute atomic E-state index is 0.159. The lowest BCUT2D eigenvalue weighted by Gasteiger charge is -2.12. The third-order valence-corrected chi connectivity index (χ3v) is 4.46. The summed E-state index contributed by atoms with van der Waals surface area (Å²) in [5.74, 6) is 0.874. The first kappa shape index (κ1) is 15.4. The van der Waals surface area contributed by atoms with Crippen molar-refractivity contribution in [3.05, 3.63) is 52.5 Å². The van der Waals surface area contributed by atoms with Crippen LogP contribution in [0.25, 0.3) is 0 Å². The van der Waals surface area contributed by atoms with E-state index in [9.17, 15) is 0 Å². The van der Waals surface area contributed by atoms with E-state index < -0.39 is 0 Å². The van der Waals surface area contributed by atoms with Crippen molar-refractivity contribution in [1.29, 1.82) is 0 Å². The fraction of sp³-hybridized carbons (Fsp3) is 0.250. The zero-order valence-corrected chi connectivity index (χ0v) is 14.0. The molecule has 2 aromatic rings. The van der Waals surface area contributed by atoms with Crippen LogP contribution in [0.1, 0.15) is 12.5 Å². The SMILES string of the molecule is COc1ccc(Sc2cc(Br)ccc2CC(C)N)cc1. The van der Waals surface area contributed by atoms with Gasteiger partial charge in [-0.25, -0.2) is 0 Å². The lowest BCUT2D eigenvalue weighted by molar-refractivity contribution is 0.414. The summed E-state index contributed by atoms with van der Waals surface area (Å²) in [6, 6.07) is 14.6. The molecule has 0 aliphatic heterocycles. The number of rotatable bonds is 5. The normalized spacial score (nSPS) is 12.2. The van der Waals surface area contributed by atoms with Crippen LogP contribution in [0.4, 0.5) is 0 Å². The Morgan fingerprint density at radius 2 is 1.90 bits per heavy atom. The molecule has 0 radical (unpaired) electrons. The van der Waals surface area contributed by atoms with Crippen molar-refractivity contribution in [3.63, 3.8) is 0 Å². The van der Waals surface area contributed by atoms with Crippen molar-refractivity contribution < 1.29 is 4.74 Å². The number of benzene rings is 2. The molecule has 0 aliphatic rings. The summed E-state index contributed by atoms with van der Waals surface area (Å²) in [5, 5.41) is 0. The van der Waals surface area contributed by atoms with Gasteiger partial charge in [-0.3, -0.25) is 0 Å². The van der Waals surface area contributed by atoms with Gasteiger partial charge in [-0.15, -0.1) is 0 Å². The summed E-state index contributed by atoms with van der Waals surface area (Å²) in [7, 11) is 1.68. The van der Waals surface area contributed by atoms with Gasteiger partial charge in [0.1, 0.15) is 5.75 Å². The second-order valence-electron chi connectivity index (χ2n) is 4.71. The van der Waals surface area contributed by atoms with Gasteiger partial charge in [-0.2, -0.15) is 0 Å². The fourth-order valence-electron chi connectivity index (χ4n) is 1.91. The summed E-state index contributed by atoms with van der Waals surface area (Å²) >= 11 is 5.28. The summed E-state index contributed by atoms with van der Waals surface area (Å²) in [6.45, 7) is 2.03. The Balaban J connectivity index is 2.24. The summed E-state index contributed by atoms with van der Waals surface area (Å²) < 4.78 is 6.27. The van der Waals surface area contributed by atoms with E-state index in [4.69, 9.17) is 10.5 Å². The lowest BCUT2D eigenvalue weighted by atomic mass is 10.1. The highest BCUT2D eigenvalue weighted by Crippen LogP contribution is 2.33. The standard InChI is InChI=1S/C16H18BrNOS/c1-11(18)9-12-3-4-13(17)10-16(12)20-15-7-5-14(19-2)6-8-15/h3-8,10-11H,9,18H2,1-2H3. The zero-order valence-electron chi connectivity index (χ0n) is 11.6. The van der Waals surface area contributed by atoms with Crippen LogP contribution in [-0.2, 0) is 6.42 Å². The number of ether oxygens (including phenoxy) is 1. The quantitative estimate of drug-likeness (QED) is 0.861. The molecular weight excluding hydrogens is 334 g/mol. The maximum atomic E-state index is 5.93. The van der Waals surface area contributed by atoms with E-state index in [0.29, 0.717) is 0 Å². The monoisotopic (exact) mass is 351 g/mol. The molecule has 0 bridgehead atoms. The molecule has 0 amide bonds. The topological polar surface area (TPSA) is 35.2 Å². The predicted octanol–water partition coefficient (Wildman–Crippen LogP) is 4.50. The first-order chi connectivity index (χ1) is 9.58. The number of methoxy groups -OCH3 is 1. The number of halogens is 1. The fourth-order valence-corrected chi connectivity index (χ4v) is 3.42. The molecule has 1 unspecified atom stereocenters. The van der Waals surface area contributed by atoms with Crippen LogP contribution in [-0.4, -0.2) is 13.2 Å². The maximum absolute atomic E-state index is 5.93. The molecule has 0 aromatic heterocycles. The van der Waals surface area contributed by atoms with Crippen molar-refractivity contribution in [2.75, 3.05) is 7.11 Å². The zero-order chi connectivity index (χ0) is 14.5. The molecule has 1 atom stereocenters. The van der Waals surface area contributed by atoms with Crippen molar-refractivity contribution in [2.24, 2.45) is 5.73 Å². The highest BCUT2D eigenvalue weighted by atomic mass is 79.9. The average molecular weight is 352 g/mol. The summed E-state index contributed by atoms with van der Waals surface area (Å²) in [5.41, 5.74) is 7.21. The van der Waals surface area contributed by atoms with Crippen molar-refractivity contribution >= 4 is 27.7 Å².